The molecule has 1 amide bonds. The van der Waals surface area contributed by atoms with Crippen LogP contribution in [0.5, 0.6) is 0 Å². The van der Waals surface area contributed by atoms with Gasteiger partial charge in [0.15, 0.2) is 0 Å². The minimum atomic E-state index is -0.110. The highest BCUT2D eigenvalue weighted by molar-refractivity contribution is 7.10. The number of carbonyl (C=O) groups is 1. The fraction of sp³-hybridized carbons (Fsp3) is 0.217. The van der Waals surface area contributed by atoms with Crippen LogP contribution in [0.4, 0.5) is 0 Å². The molecule has 1 aliphatic rings. The molecule has 1 aliphatic heterocycles. The fourth-order valence-corrected chi connectivity index (χ4v) is 4.48. The number of thiophene rings is 1. The molecule has 1 aromatic carbocycles. The van der Waals surface area contributed by atoms with Gasteiger partial charge in [0, 0.05) is 16.7 Å². The number of para-hydroxylation sites is 1. The van der Waals surface area contributed by atoms with Crippen LogP contribution in [-0.2, 0) is 4.79 Å². The van der Waals surface area contributed by atoms with Gasteiger partial charge in [0.25, 0.3) is 5.91 Å². The average Bonchev–Trinajstić information content (AvgIpc) is 3.56. The predicted octanol–water partition coefficient (Wildman–Crippen LogP) is 5.12. The van der Waals surface area contributed by atoms with Crippen molar-refractivity contribution in [3.05, 3.63) is 82.6 Å². The van der Waals surface area contributed by atoms with Gasteiger partial charge in [-0.3, -0.25) is 10.1 Å². The van der Waals surface area contributed by atoms with Crippen LogP contribution in [0.25, 0.3) is 11.0 Å². The van der Waals surface area contributed by atoms with E-state index in [1.54, 1.807) is 22.6 Å². The Bertz CT molecular complexity index is 1140. The molecule has 4 heterocycles. The van der Waals surface area contributed by atoms with Gasteiger partial charge in [-0.1, -0.05) is 24.3 Å². The van der Waals surface area contributed by atoms with Gasteiger partial charge in [-0.05, 0) is 42.6 Å². The molecule has 2 atom stereocenters. The van der Waals surface area contributed by atoms with Crippen molar-refractivity contribution in [1.29, 1.82) is 0 Å². The molecule has 0 fully saturated rings. The predicted molar refractivity (Wildman–Crippen MR) is 116 cm³/mol. The van der Waals surface area contributed by atoms with Crippen LogP contribution in [0.2, 0.25) is 0 Å². The van der Waals surface area contributed by atoms with E-state index in [-0.39, 0.29) is 24.5 Å². The number of fused-ring (bicyclic) bond motifs is 1. The summed E-state index contributed by atoms with van der Waals surface area (Å²) < 4.78 is 11.4. The Morgan fingerprint density at radius 1 is 1.27 bits per heavy atom. The summed E-state index contributed by atoms with van der Waals surface area (Å²) in [5, 5.41) is 12.5. The normalized spacial score (nSPS) is 17.4. The molecule has 3 aromatic heterocycles. The Balaban J connectivity index is 1.31. The standard InChI is InChI=1S/C23H21N3O3S/c1-15(21-12-16-6-2-3-7-19(16)29-21)24-14-23(27)26-18(22-9-5-11-30-22)13-17(25-26)20-8-4-10-28-20/h2-12,15,18,24H,13-14H2,1H3. The van der Waals surface area contributed by atoms with Crippen LogP contribution >= 0.6 is 11.3 Å². The van der Waals surface area contributed by atoms with Crippen molar-refractivity contribution in [3.63, 3.8) is 0 Å². The van der Waals surface area contributed by atoms with Crippen LogP contribution in [0.15, 0.2) is 80.2 Å². The maximum absolute atomic E-state index is 13.1. The molecule has 1 N–H and O–H groups in total. The minimum Gasteiger partial charge on any atom is -0.463 e. The third-order valence-corrected chi connectivity index (χ3v) is 6.25. The Kier molecular flexibility index (Phi) is 4.98. The number of hydrogen-bond donors (Lipinski definition) is 1. The molecule has 5 rings (SSSR count). The third-order valence-electron chi connectivity index (χ3n) is 5.27. The zero-order valence-electron chi connectivity index (χ0n) is 16.4. The van der Waals surface area contributed by atoms with Crippen molar-refractivity contribution in [1.82, 2.24) is 10.3 Å². The van der Waals surface area contributed by atoms with Crippen LogP contribution in [0.1, 0.15) is 41.8 Å². The molecule has 0 aliphatic carbocycles. The lowest BCUT2D eigenvalue weighted by atomic mass is 10.1. The van der Waals surface area contributed by atoms with E-state index in [2.05, 4.69) is 10.4 Å². The summed E-state index contributed by atoms with van der Waals surface area (Å²) in [7, 11) is 0. The maximum Gasteiger partial charge on any atom is 0.257 e. The summed E-state index contributed by atoms with van der Waals surface area (Å²) in [5.74, 6) is 1.42. The summed E-state index contributed by atoms with van der Waals surface area (Å²) in [6.07, 6.45) is 2.26. The highest BCUT2D eigenvalue weighted by Crippen LogP contribution is 2.35. The molecule has 0 saturated heterocycles. The van der Waals surface area contributed by atoms with Crippen molar-refractivity contribution in [2.75, 3.05) is 6.54 Å². The zero-order chi connectivity index (χ0) is 20.5. The fourth-order valence-electron chi connectivity index (χ4n) is 3.67. The number of nitrogens with zero attached hydrogens (tertiary/aromatic N) is 2. The van der Waals surface area contributed by atoms with Gasteiger partial charge in [-0.15, -0.1) is 11.3 Å². The number of hydrazone groups is 1. The molecule has 4 aromatic rings. The first-order valence-electron chi connectivity index (χ1n) is 9.88. The molecule has 0 saturated carbocycles. The van der Waals surface area contributed by atoms with E-state index in [9.17, 15) is 4.79 Å². The van der Waals surface area contributed by atoms with Gasteiger partial charge in [0.05, 0.1) is 24.9 Å². The summed E-state index contributed by atoms with van der Waals surface area (Å²) in [6.45, 7) is 2.15. The molecule has 7 heteroatoms. The molecule has 2 unspecified atom stereocenters. The van der Waals surface area contributed by atoms with E-state index in [1.165, 1.54) is 0 Å². The number of rotatable bonds is 6. The van der Waals surface area contributed by atoms with Crippen molar-refractivity contribution in [3.8, 4) is 0 Å². The lowest BCUT2D eigenvalue weighted by Crippen LogP contribution is -2.36. The smallest absolute Gasteiger partial charge is 0.257 e. The van der Waals surface area contributed by atoms with Gasteiger partial charge >= 0.3 is 0 Å². The molecule has 6 nitrogen and oxygen atoms in total. The topological polar surface area (TPSA) is 71.0 Å². The van der Waals surface area contributed by atoms with Crippen molar-refractivity contribution in [2.24, 2.45) is 5.10 Å². The molecule has 0 radical (unpaired) electrons. The first-order valence-corrected chi connectivity index (χ1v) is 10.8. The average molecular weight is 420 g/mol. The zero-order valence-corrected chi connectivity index (χ0v) is 17.3. The summed E-state index contributed by atoms with van der Waals surface area (Å²) in [5.41, 5.74) is 1.63. The van der Waals surface area contributed by atoms with Gasteiger partial charge < -0.3 is 8.83 Å². The van der Waals surface area contributed by atoms with Crippen molar-refractivity contribution < 1.29 is 13.6 Å². The number of hydrogen-bond acceptors (Lipinski definition) is 6. The second-order valence-corrected chi connectivity index (χ2v) is 8.27. The Labute approximate surface area is 177 Å². The molecular weight excluding hydrogens is 398 g/mol. The quantitative estimate of drug-likeness (QED) is 0.471. The Morgan fingerprint density at radius 2 is 2.17 bits per heavy atom. The van der Waals surface area contributed by atoms with Crippen LogP contribution in [-0.4, -0.2) is 23.2 Å². The van der Waals surface area contributed by atoms with Crippen molar-refractivity contribution >= 4 is 33.9 Å². The SMILES string of the molecule is CC(NCC(=O)N1N=C(c2ccco2)CC1c1cccs1)c1cc2ccccc2o1. The van der Waals surface area contributed by atoms with Gasteiger partial charge in [-0.2, -0.15) is 5.10 Å². The Hall–Kier alpha value is -3.16. The van der Waals surface area contributed by atoms with E-state index in [1.807, 2.05) is 66.9 Å². The molecular formula is C23H21N3O3S. The molecule has 0 bridgehead atoms. The van der Waals surface area contributed by atoms with Crippen molar-refractivity contribution in [2.45, 2.75) is 25.4 Å². The highest BCUT2D eigenvalue weighted by Gasteiger charge is 2.34. The lowest BCUT2D eigenvalue weighted by Gasteiger charge is -2.21. The number of carbonyl (C=O) groups excluding carboxylic acids is 1. The molecule has 152 valence electrons. The first kappa shape index (κ1) is 18.8. The third kappa shape index (κ3) is 3.58. The van der Waals surface area contributed by atoms with E-state index < -0.39 is 0 Å². The van der Waals surface area contributed by atoms with Gasteiger partial charge in [0.1, 0.15) is 22.8 Å². The van der Waals surface area contributed by atoms with Crippen LogP contribution in [0.3, 0.4) is 0 Å². The van der Waals surface area contributed by atoms with Crippen LogP contribution < -0.4 is 5.32 Å². The van der Waals surface area contributed by atoms with E-state index in [0.717, 1.165) is 27.3 Å². The number of benzene rings is 1. The lowest BCUT2D eigenvalue weighted by molar-refractivity contribution is -0.132. The second-order valence-electron chi connectivity index (χ2n) is 7.29. The molecule has 0 spiro atoms. The second kappa shape index (κ2) is 7.93. The summed E-state index contributed by atoms with van der Waals surface area (Å²) in [6, 6.07) is 17.4. The first-order chi connectivity index (χ1) is 14.7. The van der Waals surface area contributed by atoms with E-state index in [4.69, 9.17) is 8.83 Å². The van der Waals surface area contributed by atoms with E-state index >= 15 is 0 Å². The Morgan fingerprint density at radius 3 is 2.93 bits per heavy atom. The summed E-state index contributed by atoms with van der Waals surface area (Å²) in [4.78, 5) is 14.2. The minimum absolute atomic E-state index is 0.0853. The van der Waals surface area contributed by atoms with E-state index in [0.29, 0.717) is 12.2 Å². The largest absolute Gasteiger partial charge is 0.463 e. The molecule has 30 heavy (non-hydrogen) atoms. The van der Waals surface area contributed by atoms with Gasteiger partial charge in [-0.25, -0.2) is 5.01 Å². The summed E-state index contributed by atoms with van der Waals surface area (Å²) >= 11 is 1.63. The monoisotopic (exact) mass is 419 g/mol. The maximum atomic E-state index is 13.1. The number of amides is 1. The highest BCUT2D eigenvalue weighted by atomic mass is 32.1. The number of furan rings is 2. The van der Waals surface area contributed by atoms with Crippen LogP contribution in [0, 0.1) is 0 Å². The number of nitrogens with one attached hydrogen (secondary N) is 1. The van der Waals surface area contributed by atoms with Gasteiger partial charge in [0.2, 0.25) is 0 Å².